The molecule has 0 spiro atoms. The average Bonchev–Trinajstić information content (AvgIpc) is 2.35. The lowest BCUT2D eigenvalue weighted by Crippen LogP contribution is -2.49. The molecule has 0 aliphatic carbocycles. The number of aromatic hydroxyl groups is 1. The van der Waals surface area contributed by atoms with Crippen molar-refractivity contribution in [2.24, 2.45) is 0 Å². The first-order valence-electron chi connectivity index (χ1n) is 6.38. The highest BCUT2D eigenvalue weighted by Crippen LogP contribution is 2.27. The van der Waals surface area contributed by atoms with Crippen LogP contribution in [0.2, 0.25) is 0 Å². The minimum Gasteiger partial charge on any atom is -0.504 e. The zero-order valence-electron chi connectivity index (χ0n) is 11.4. The highest BCUT2D eigenvalue weighted by atomic mass is 16.5. The standard InChI is InChI=1S/C14H22N2O2/c1-11-9-15(2)6-7-16(11)10-12-4-5-13(17)14(8-12)18-3/h4-5,8,11,17H,6-7,9-10H2,1-3H3. The molecule has 1 aromatic carbocycles. The van der Waals surface area contributed by atoms with Crippen LogP contribution in [0.4, 0.5) is 0 Å². The fourth-order valence-electron chi connectivity index (χ4n) is 2.47. The number of piperazine rings is 1. The Labute approximate surface area is 109 Å². The van der Waals surface area contributed by atoms with Gasteiger partial charge in [0.2, 0.25) is 0 Å². The van der Waals surface area contributed by atoms with Gasteiger partial charge in [-0.3, -0.25) is 4.90 Å². The summed E-state index contributed by atoms with van der Waals surface area (Å²) in [5.74, 6) is 0.752. The summed E-state index contributed by atoms with van der Waals surface area (Å²) in [6.07, 6.45) is 0. The predicted octanol–water partition coefficient (Wildman–Crippen LogP) is 1.54. The fourth-order valence-corrected chi connectivity index (χ4v) is 2.47. The van der Waals surface area contributed by atoms with Crippen molar-refractivity contribution in [1.29, 1.82) is 0 Å². The third-order valence-corrected chi connectivity index (χ3v) is 3.60. The number of likely N-dealkylation sites (N-methyl/N-ethyl adjacent to an activating group) is 1. The smallest absolute Gasteiger partial charge is 0.160 e. The number of phenolic OH excluding ortho intramolecular Hbond substituents is 1. The van der Waals surface area contributed by atoms with Crippen LogP contribution in [0.15, 0.2) is 18.2 Å². The fraction of sp³-hybridized carbons (Fsp3) is 0.571. The SMILES string of the molecule is COc1cc(CN2CCN(C)CC2C)ccc1O. The maximum atomic E-state index is 9.58. The molecule has 1 saturated heterocycles. The second kappa shape index (κ2) is 5.59. The molecule has 0 saturated carbocycles. The summed E-state index contributed by atoms with van der Waals surface area (Å²) < 4.78 is 5.14. The van der Waals surface area contributed by atoms with E-state index in [2.05, 4.69) is 23.8 Å². The third-order valence-electron chi connectivity index (χ3n) is 3.60. The lowest BCUT2D eigenvalue weighted by molar-refractivity contribution is 0.0937. The van der Waals surface area contributed by atoms with Crippen molar-refractivity contribution >= 4 is 0 Å². The molecule has 0 bridgehead atoms. The maximum absolute atomic E-state index is 9.58. The molecule has 0 amide bonds. The first-order valence-corrected chi connectivity index (χ1v) is 6.38. The van der Waals surface area contributed by atoms with Gasteiger partial charge in [-0.25, -0.2) is 0 Å². The van der Waals surface area contributed by atoms with Crippen molar-refractivity contribution in [3.05, 3.63) is 23.8 Å². The summed E-state index contributed by atoms with van der Waals surface area (Å²) in [6.45, 7) is 6.47. The van der Waals surface area contributed by atoms with Crippen LogP contribution in [0, 0.1) is 0 Å². The number of hydrogen-bond acceptors (Lipinski definition) is 4. The molecule has 0 radical (unpaired) electrons. The summed E-state index contributed by atoms with van der Waals surface area (Å²) in [5, 5.41) is 9.58. The van der Waals surface area contributed by atoms with E-state index in [4.69, 9.17) is 4.74 Å². The van der Waals surface area contributed by atoms with E-state index < -0.39 is 0 Å². The number of hydrogen-bond donors (Lipinski definition) is 1. The first-order chi connectivity index (χ1) is 8.60. The Morgan fingerprint density at radius 3 is 2.83 bits per heavy atom. The lowest BCUT2D eigenvalue weighted by atomic mass is 10.1. The van der Waals surface area contributed by atoms with Crippen LogP contribution in [0.3, 0.4) is 0 Å². The quantitative estimate of drug-likeness (QED) is 0.882. The van der Waals surface area contributed by atoms with Crippen LogP contribution >= 0.6 is 0 Å². The molecule has 1 aromatic rings. The molecule has 1 heterocycles. The molecule has 18 heavy (non-hydrogen) atoms. The molecule has 0 aromatic heterocycles. The Kier molecular flexibility index (Phi) is 4.09. The Balaban J connectivity index is 2.05. The zero-order chi connectivity index (χ0) is 13.1. The number of benzene rings is 1. The number of methoxy groups -OCH3 is 1. The van der Waals surface area contributed by atoms with Gasteiger partial charge in [-0.15, -0.1) is 0 Å². The van der Waals surface area contributed by atoms with Gasteiger partial charge in [-0.05, 0) is 31.7 Å². The van der Waals surface area contributed by atoms with Crippen molar-refractivity contribution < 1.29 is 9.84 Å². The van der Waals surface area contributed by atoms with Crippen LogP contribution in [0.1, 0.15) is 12.5 Å². The largest absolute Gasteiger partial charge is 0.504 e. The zero-order valence-corrected chi connectivity index (χ0v) is 11.4. The van der Waals surface area contributed by atoms with E-state index in [1.54, 1.807) is 13.2 Å². The van der Waals surface area contributed by atoms with Gasteiger partial charge in [0.15, 0.2) is 11.5 Å². The molecule has 4 heteroatoms. The predicted molar refractivity (Wildman–Crippen MR) is 72.0 cm³/mol. The van der Waals surface area contributed by atoms with E-state index in [-0.39, 0.29) is 5.75 Å². The highest BCUT2D eigenvalue weighted by Gasteiger charge is 2.21. The van der Waals surface area contributed by atoms with Crippen molar-refractivity contribution in [3.8, 4) is 11.5 Å². The van der Waals surface area contributed by atoms with Gasteiger partial charge in [0.05, 0.1) is 7.11 Å². The normalized spacial score (nSPS) is 22.1. The highest BCUT2D eigenvalue weighted by molar-refractivity contribution is 5.41. The van der Waals surface area contributed by atoms with E-state index >= 15 is 0 Å². The summed E-state index contributed by atoms with van der Waals surface area (Å²) in [4.78, 5) is 4.82. The molecule has 1 atom stereocenters. The maximum Gasteiger partial charge on any atom is 0.160 e. The lowest BCUT2D eigenvalue weighted by Gasteiger charge is -2.38. The van der Waals surface area contributed by atoms with Gasteiger partial charge in [0.25, 0.3) is 0 Å². The number of nitrogens with zero attached hydrogens (tertiary/aromatic N) is 2. The average molecular weight is 250 g/mol. The molecule has 100 valence electrons. The van der Waals surface area contributed by atoms with Crippen LogP contribution in [0.25, 0.3) is 0 Å². The van der Waals surface area contributed by atoms with Gasteiger partial charge in [0.1, 0.15) is 0 Å². The van der Waals surface area contributed by atoms with Gasteiger partial charge >= 0.3 is 0 Å². The van der Waals surface area contributed by atoms with Crippen LogP contribution < -0.4 is 4.74 Å². The molecular weight excluding hydrogens is 228 g/mol. The number of ether oxygens (including phenoxy) is 1. The molecular formula is C14H22N2O2. The van der Waals surface area contributed by atoms with E-state index in [1.807, 2.05) is 12.1 Å². The number of rotatable bonds is 3. The van der Waals surface area contributed by atoms with Gasteiger partial charge in [-0.1, -0.05) is 6.07 Å². The first kappa shape index (κ1) is 13.2. The van der Waals surface area contributed by atoms with E-state index in [0.717, 1.165) is 26.2 Å². The minimum atomic E-state index is 0.202. The Morgan fingerprint density at radius 2 is 2.17 bits per heavy atom. The van der Waals surface area contributed by atoms with Gasteiger partial charge < -0.3 is 14.7 Å². The summed E-state index contributed by atoms with van der Waals surface area (Å²) in [7, 11) is 3.74. The monoisotopic (exact) mass is 250 g/mol. The Hall–Kier alpha value is -1.26. The van der Waals surface area contributed by atoms with Crippen molar-refractivity contribution in [3.63, 3.8) is 0 Å². The molecule has 1 aliphatic rings. The van der Waals surface area contributed by atoms with Gasteiger partial charge in [0, 0.05) is 32.2 Å². The summed E-state index contributed by atoms with van der Waals surface area (Å²) in [6, 6.07) is 6.14. The molecule has 4 nitrogen and oxygen atoms in total. The van der Waals surface area contributed by atoms with Crippen LogP contribution in [0.5, 0.6) is 11.5 Å². The summed E-state index contributed by atoms with van der Waals surface area (Å²) in [5.41, 5.74) is 1.18. The van der Waals surface area contributed by atoms with Crippen LogP contribution in [-0.2, 0) is 6.54 Å². The molecule has 2 rings (SSSR count). The Morgan fingerprint density at radius 1 is 1.39 bits per heavy atom. The van der Waals surface area contributed by atoms with E-state index in [0.29, 0.717) is 11.8 Å². The van der Waals surface area contributed by atoms with Crippen LogP contribution in [-0.4, -0.2) is 54.7 Å². The summed E-state index contributed by atoms with van der Waals surface area (Å²) >= 11 is 0. The van der Waals surface area contributed by atoms with E-state index in [9.17, 15) is 5.11 Å². The molecule has 1 N–H and O–H groups in total. The second-order valence-corrected chi connectivity index (χ2v) is 5.09. The topological polar surface area (TPSA) is 35.9 Å². The third kappa shape index (κ3) is 2.94. The minimum absolute atomic E-state index is 0.202. The Bertz CT molecular complexity index is 409. The molecule has 1 unspecified atom stereocenters. The van der Waals surface area contributed by atoms with Crippen molar-refractivity contribution in [1.82, 2.24) is 9.80 Å². The van der Waals surface area contributed by atoms with Crippen molar-refractivity contribution in [2.75, 3.05) is 33.8 Å². The van der Waals surface area contributed by atoms with E-state index in [1.165, 1.54) is 5.56 Å². The second-order valence-electron chi connectivity index (χ2n) is 5.09. The molecule has 1 aliphatic heterocycles. The van der Waals surface area contributed by atoms with Gasteiger partial charge in [-0.2, -0.15) is 0 Å². The van der Waals surface area contributed by atoms with Crippen molar-refractivity contribution in [2.45, 2.75) is 19.5 Å². The number of phenols is 1. The molecule has 1 fully saturated rings.